The van der Waals surface area contributed by atoms with Crippen LogP contribution in [0.15, 0.2) is 5.51 Å². The Hall–Kier alpha value is -2.55. The summed E-state index contributed by atoms with van der Waals surface area (Å²) in [7, 11) is 1.85. The second-order valence-corrected chi connectivity index (χ2v) is 8.51. The Morgan fingerprint density at radius 3 is 2.76 bits per heavy atom. The van der Waals surface area contributed by atoms with Crippen molar-refractivity contribution in [3.05, 3.63) is 33.2 Å². The van der Waals surface area contributed by atoms with Gasteiger partial charge in [-0.1, -0.05) is 0 Å². The van der Waals surface area contributed by atoms with E-state index in [1.807, 2.05) is 23.8 Å². The van der Waals surface area contributed by atoms with E-state index in [-0.39, 0.29) is 17.7 Å². The molecule has 4 heterocycles. The summed E-state index contributed by atoms with van der Waals surface area (Å²) in [6.07, 6.45) is 2.66. The summed E-state index contributed by atoms with van der Waals surface area (Å²) in [4.78, 5) is 43.0. The third kappa shape index (κ3) is 3.83. The molecule has 9 heteroatoms. The molecule has 1 unspecified atom stereocenters. The molecule has 0 radical (unpaired) electrons. The zero-order chi connectivity index (χ0) is 20.5. The number of hydrogen-bond donors (Lipinski definition) is 1. The lowest BCUT2D eigenvalue weighted by molar-refractivity contribution is -0.130. The Kier molecular flexibility index (Phi) is 5.49. The lowest BCUT2D eigenvalue weighted by Gasteiger charge is -2.33. The number of anilines is 1. The van der Waals surface area contributed by atoms with E-state index in [0.29, 0.717) is 30.9 Å². The molecule has 2 aliphatic rings. The predicted molar refractivity (Wildman–Crippen MR) is 111 cm³/mol. The molecule has 2 aromatic rings. The molecule has 1 N–H and O–H groups in total. The molecule has 1 saturated heterocycles. The normalized spacial score (nSPS) is 19.1. The van der Waals surface area contributed by atoms with E-state index < -0.39 is 0 Å². The van der Waals surface area contributed by atoms with Gasteiger partial charge in [-0.15, -0.1) is 11.3 Å². The Labute approximate surface area is 174 Å². The molecule has 0 spiro atoms. The van der Waals surface area contributed by atoms with Crippen molar-refractivity contribution in [1.82, 2.24) is 24.8 Å². The third-order valence-electron chi connectivity index (χ3n) is 5.77. The fraction of sp³-hybridized carbons (Fsp3) is 0.550. The molecule has 0 aromatic carbocycles. The van der Waals surface area contributed by atoms with Gasteiger partial charge >= 0.3 is 0 Å². The number of piperidine rings is 1. The molecule has 0 bridgehead atoms. The van der Waals surface area contributed by atoms with Gasteiger partial charge in [0.25, 0.3) is 5.91 Å². The van der Waals surface area contributed by atoms with Crippen molar-refractivity contribution in [1.29, 1.82) is 0 Å². The number of thiazole rings is 1. The van der Waals surface area contributed by atoms with Crippen molar-refractivity contribution >= 4 is 29.0 Å². The molecule has 29 heavy (non-hydrogen) atoms. The smallest absolute Gasteiger partial charge is 0.266 e. The zero-order valence-electron chi connectivity index (χ0n) is 17.1. The van der Waals surface area contributed by atoms with Gasteiger partial charge in [-0.3, -0.25) is 9.59 Å². The standard InChI is InChI=1S/C20H26N6O2S/c1-12-17(29-11-22-12)20(28)26-8-6-16-15(10-26)19(21-3)24-18(23-16)14-5-4-7-25(9-14)13(2)27/h11,14H,4-10H2,1-3H3,(H,21,23,24). The maximum atomic E-state index is 12.9. The average Bonchev–Trinajstić information content (AvgIpc) is 3.17. The van der Waals surface area contributed by atoms with Gasteiger partial charge in [0.1, 0.15) is 16.5 Å². The van der Waals surface area contributed by atoms with Crippen LogP contribution in [-0.4, -0.2) is 63.2 Å². The van der Waals surface area contributed by atoms with Crippen LogP contribution in [0.5, 0.6) is 0 Å². The van der Waals surface area contributed by atoms with E-state index in [1.165, 1.54) is 11.3 Å². The summed E-state index contributed by atoms with van der Waals surface area (Å²) in [6.45, 7) is 6.09. The lowest BCUT2D eigenvalue weighted by Crippen LogP contribution is -2.39. The number of carbonyl (C=O) groups excluding carboxylic acids is 2. The van der Waals surface area contributed by atoms with E-state index in [0.717, 1.165) is 48.0 Å². The van der Waals surface area contributed by atoms with Crippen LogP contribution in [0.4, 0.5) is 5.82 Å². The quantitative estimate of drug-likeness (QED) is 0.828. The molecule has 1 atom stereocenters. The summed E-state index contributed by atoms with van der Waals surface area (Å²) in [5, 5.41) is 3.19. The maximum Gasteiger partial charge on any atom is 0.266 e. The fourth-order valence-electron chi connectivity index (χ4n) is 4.12. The topological polar surface area (TPSA) is 91.3 Å². The first-order chi connectivity index (χ1) is 14.0. The van der Waals surface area contributed by atoms with E-state index in [4.69, 9.17) is 9.97 Å². The number of nitrogens with one attached hydrogen (secondary N) is 1. The average molecular weight is 415 g/mol. The molecule has 2 amide bonds. The van der Waals surface area contributed by atoms with Crippen molar-refractivity contribution in [2.75, 3.05) is 32.0 Å². The van der Waals surface area contributed by atoms with E-state index in [9.17, 15) is 9.59 Å². The van der Waals surface area contributed by atoms with Crippen LogP contribution >= 0.6 is 11.3 Å². The summed E-state index contributed by atoms with van der Waals surface area (Å²) in [5.41, 5.74) is 4.48. The minimum atomic E-state index is 0.0196. The van der Waals surface area contributed by atoms with Crippen molar-refractivity contribution in [2.45, 2.75) is 45.6 Å². The van der Waals surface area contributed by atoms with Crippen LogP contribution in [0.25, 0.3) is 0 Å². The van der Waals surface area contributed by atoms with E-state index in [1.54, 1.807) is 12.4 Å². The van der Waals surface area contributed by atoms with Crippen molar-refractivity contribution < 1.29 is 9.59 Å². The van der Waals surface area contributed by atoms with Crippen LogP contribution in [0.2, 0.25) is 0 Å². The van der Waals surface area contributed by atoms with Crippen LogP contribution in [0.1, 0.15) is 58.1 Å². The molecule has 1 fully saturated rings. The van der Waals surface area contributed by atoms with Crippen molar-refractivity contribution in [3.8, 4) is 0 Å². The van der Waals surface area contributed by atoms with Gasteiger partial charge in [0, 0.05) is 51.5 Å². The molecule has 2 aromatic heterocycles. The maximum absolute atomic E-state index is 12.9. The van der Waals surface area contributed by atoms with Gasteiger partial charge in [-0.25, -0.2) is 15.0 Å². The van der Waals surface area contributed by atoms with Crippen LogP contribution in [-0.2, 0) is 17.8 Å². The number of amides is 2. The summed E-state index contributed by atoms with van der Waals surface area (Å²) < 4.78 is 0. The van der Waals surface area contributed by atoms with Gasteiger partial charge in [-0.05, 0) is 19.8 Å². The molecule has 154 valence electrons. The number of fused-ring (bicyclic) bond motifs is 1. The second-order valence-electron chi connectivity index (χ2n) is 7.65. The first-order valence-corrected chi connectivity index (χ1v) is 10.9. The highest BCUT2D eigenvalue weighted by Gasteiger charge is 2.30. The van der Waals surface area contributed by atoms with Crippen LogP contribution in [0, 0.1) is 6.92 Å². The van der Waals surface area contributed by atoms with Crippen molar-refractivity contribution in [3.63, 3.8) is 0 Å². The molecule has 8 nitrogen and oxygen atoms in total. The highest BCUT2D eigenvalue weighted by molar-refractivity contribution is 7.11. The Bertz CT molecular complexity index is 926. The number of hydrogen-bond acceptors (Lipinski definition) is 7. The number of aryl methyl sites for hydroxylation is 1. The predicted octanol–water partition coefficient (Wildman–Crippen LogP) is 2.21. The highest BCUT2D eigenvalue weighted by atomic mass is 32.1. The molecular weight excluding hydrogens is 388 g/mol. The monoisotopic (exact) mass is 414 g/mol. The van der Waals surface area contributed by atoms with E-state index in [2.05, 4.69) is 10.3 Å². The summed E-state index contributed by atoms with van der Waals surface area (Å²) >= 11 is 1.38. The van der Waals surface area contributed by atoms with Gasteiger partial charge in [0.05, 0.1) is 23.4 Å². The number of rotatable bonds is 3. The SMILES string of the molecule is CNc1nc(C2CCCN(C(C)=O)C2)nc2c1CN(C(=O)c1scnc1C)CC2. The highest BCUT2D eigenvalue weighted by Crippen LogP contribution is 2.30. The minimum absolute atomic E-state index is 0.0196. The number of nitrogens with zero attached hydrogens (tertiary/aromatic N) is 5. The number of likely N-dealkylation sites (tertiary alicyclic amines) is 1. The Balaban J connectivity index is 1.59. The molecule has 0 aliphatic carbocycles. The Morgan fingerprint density at radius 1 is 1.24 bits per heavy atom. The van der Waals surface area contributed by atoms with Gasteiger partial charge < -0.3 is 15.1 Å². The molecule has 4 rings (SSSR count). The minimum Gasteiger partial charge on any atom is -0.373 e. The largest absolute Gasteiger partial charge is 0.373 e. The van der Waals surface area contributed by atoms with E-state index >= 15 is 0 Å². The zero-order valence-corrected chi connectivity index (χ0v) is 17.9. The third-order valence-corrected chi connectivity index (χ3v) is 6.69. The fourth-order valence-corrected chi connectivity index (χ4v) is 4.89. The van der Waals surface area contributed by atoms with Crippen LogP contribution < -0.4 is 5.32 Å². The number of aromatic nitrogens is 3. The van der Waals surface area contributed by atoms with Crippen molar-refractivity contribution in [2.24, 2.45) is 0 Å². The van der Waals surface area contributed by atoms with Gasteiger partial charge in [0.2, 0.25) is 5.91 Å². The molecular formula is C20H26N6O2S. The molecule has 0 saturated carbocycles. The first-order valence-electron chi connectivity index (χ1n) is 10.00. The summed E-state index contributed by atoms with van der Waals surface area (Å²) in [6, 6.07) is 0. The first kappa shape index (κ1) is 19.8. The van der Waals surface area contributed by atoms with Crippen LogP contribution in [0.3, 0.4) is 0 Å². The lowest BCUT2D eigenvalue weighted by atomic mass is 9.96. The van der Waals surface area contributed by atoms with Gasteiger partial charge in [0.15, 0.2) is 0 Å². The number of carbonyl (C=O) groups is 2. The molecule has 2 aliphatic heterocycles. The second kappa shape index (κ2) is 8.06. The van der Waals surface area contributed by atoms with Gasteiger partial charge in [-0.2, -0.15) is 0 Å². The Morgan fingerprint density at radius 2 is 2.07 bits per heavy atom. The summed E-state index contributed by atoms with van der Waals surface area (Å²) in [5.74, 6) is 1.87.